The van der Waals surface area contributed by atoms with Gasteiger partial charge in [0.25, 0.3) is 0 Å². The molecule has 2 rings (SSSR count). The van der Waals surface area contributed by atoms with Crippen molar-refractivity contribution in [3.05, 3.63) is 0 Å². The van der Waals surface area contributed by atoms with Crippen LogP contribution >= 0.6 is 0 Å². The number of nitrogens with one attached hydrogen (secondary N) is 1. The van der Waals surface area contributed by atoms with E-state index >= 15 is 0 Å². The summed E-state index contributed by atoms with van der Waals surface area (Å²) in [7, 11) is 0. The summed E-state index contributed by atoms with van der Waals surface area (Å²) in [6, 6.07) is 0. The quantitative estimate of drug-likeness (QED) is 0.590. The standard InChI is InChI=1S/C15H27N3O3/c1-13-3-7-18(8-4-13)15(20)14(19)16-5-2-6-17-9-11-21-12-10-17/h13H,2-12H2,1H3,(H,16,19). The molecule has 2 aliphatic heterocycles. The number of ether oxygens (including phenoxy) is 1. The molecule has 0 aromatic carbocycles. The van der Waals surface area contributed by atoms with Gasteiger partial charge in [-0.1, -0.05) is 6.92 Å². The Labute approximate surface area is 126 Å². The average molecular weight is 297 g/mol. The van der Waals surface area contributed by atoms with Crippen LogP contribution in [0.15, 0.2) is 0 Å². The summed E-state index contributed by atoms with van der Waals surface area (Å²) in [5.41, 5.74) is 0. The number of likely N-dealkylation sites (tertiary alicyclic amines) is 1. The zero-order valence-corrected chi connectivity index (χ0v) is 13.0. The first kappa shape index (κ1) is 16.2. The first-order chi connectivity index (χ1) is 10.2. The maximum absolute atomic E-state index is 12.0. The number of hydrogen-bond donors (Lipinski definition) is 1. The molecule has 2 heterocycles. The third kappa shape index (κ3) is 5.28. The molecule has 1 N–H and O–H groups in total. The van der Waals surface area contributed by atoms with Gasteiger partial charge in [0.05, 0.1) is 13.2 Å². The van der Waals surface area contributed by atoms with Gasteiger partial charge in [-0.3, -0.25) is 14.5 Å². The van der Waals surface area contributed by atoms with Crippen molar-refractivity contribution in [2.45, 2.75) is 26.2 Å². The van der Waals surface area contributed by atoms with E-state index in [9.17, 15) is 9.59 Å². The molecule has 2 fully saturated rings. The molecule has 120 valence electrons. The predicted molar refractivity (Wildman–Crippen MR) is 79.9 cm³/mol. The lowest BCUT2D eigenvalue weighted by atomic mass is 9.99. The maximum atomic E-state index is 12.0. The Morgan fingerprint density at radius 2 is 1.81 bits per heavy atom. The Morgan fingerprint density at radius 1 is 1.14 bits per heavy atom. The van der Waals surface area contributed by atoms with E-state index in [4.69, 9.17) is 4.74 Å². The van der Waals surface area contributed by atoms with E-state index in [2.05, 4.69) is 17.1 Å². The minimum absolute atomic E-state index is 0.367. The Hall–Kier alpha value is -1.14. The molecule has 0 aromatic heterocycles. The summed E-state index contributed by atoms with van der Waals surface area (Å²) in [5.74, 6) is -0.162. The van der Waals surface area contributed by atoms with Gasteiger partial charge >= 0.3 is 11.8 Å². The molecule has 0 bridgehead atoms. The molecule has 0 saturated carbocycles. The Kier molecular flexibility index (Phi) is 6.45. The zero-order valence-electron chi connectivity index (χ0n) is 13.0. The number of amides is 2. The van der Waals surface area contributed by atoms with Crippen molar-refractivity contribution < 1.29 is 14.3 Å². The normalized spacial score (nSPS) is 21.3. The van der Waals surface area contributed by atoms with Gasteiger partial charge in [0.1, 0.15) is 0 Å². The van der Waals surface area contributed by atoms with Crippen LogP contribution in [0.5, 0.6) is 0 Å². The van der Waals surface area contributed by atoms with Crippen LogP contribution < -0.4 is 5.32 Å². The number of nitrogens with zero attached hydrogens (tertiary/aromatic N) is 2. The number of morpholine rings is 1. The van der Waals surface area contributed by atoms with E-state index in [1.165, 1.54) is 0 Å². The van der Waals surface area contributed by atoms with E-state index in [-0.39, 0.29) is 5.91 Å². The molecule has 0 unspecified atom stereocenters. The first-order valence-electron chi connectivity index (χ1n) is 8.04. The lowest BCUT2D eigenvalue weighted by molar-refractivity contribution is -0.146. The van der Waals surface area contributed by atoms with Crippen molar-refractivity contribution in [3.8, 4) is 0 Å². The molecule has 0 radical (unpaired) electrons. The maximum Gasteiger partial charge on any atom is 0.311 e. The average Bonchev–Trinajstić information content (AvgIpc) is 2.52. The van der Waals surface area contributed by atoms with Crippen molar-refractivity contribution in [1.82, 2.24) is 15.1 Å². The van der Waals surface area contributed by atoms with Gasteiger partial charge in [-0.15, -0.1) is 0 Å². The number of hydrogen-bond acceptors (Lipinski definition) is 4. The van der Waals surface area contributed by atoms with Gasteiger partial charge in [-0.05, 0) is 31.7 Å². The highest BCUT2D eigenvalue weighted by Crippen LogP contribution is 2.15. The van der Waals surface area contributed by atoms with Crippen LogP contribution in [0.1, 0.15) is 26.2 Å². The molecule has 2 saturated heterocycles. The van der Waals surface area contributed by atoms with Crippen molar-refractivity contribution in [2.75, 3.05) is 52.5 Å². The van der Waals surface area contributed by atoms with Gasteiger partial charge in [0.2, 0.25) is 0 Å². The number of carbonyl (C=O) groups excluding carboxylic acids is 2. The fourth-order valence-electron chi connectivity index (χ4n) is 2.76. The second kappa shape index (κ2) is 8.34. The molecule has 6 heteroatoms. The summed E-state index contributed by atoms with van der Waals surface area (Å²) >= 11 is 0. The van der Waals surface area contributed by atoms with Gasteiger partial charge in [-0.25, -0.2) is 0 Å². The number of carbonyl (C=O) groups is 2. The third-order valence-electron chi connectivity index (χ3n) is 4.31. The van der Waals surface area contributed by atoms with Crippen LogP contribution in [0.4, 0.5) is 0 Å². The Morgan fingerprint density at radius 3 is 2.48 bits per heavy atom. The Bertz CT molecular complexity index is 348. The number of piperidine rings is 1. The smallest absolute Gasteiger partial charge is 0.311 e. The van der Waals surface area contributed by atoms with Crippen LogP contribution in [0, 0.1) is 5.92 Å². The van der Waals surface area contributed by atoms with E-state index in [0.29, 0.717) is 25.6 Å². The van der Waals surface area contributed by atoms with E-state index in [0.717, 1.165) is 52.1 Å². The molecular weight excluding hydrogens is 270 g/mol. The van der Waals surface area contributed by atoms with Crippen LogP contribution in [-0.2, 0) is 14.3 Å². The zero-order chi connectivity index (χ0) is 15.1. The van der Waals surface area contributed by atoms with E-state index in [1.54, 1.807) is 4.90 Å². The van der Waals surface area contributed by atoms with E-state index < -0.39 is 5.91 Å². The molecule has 2 amide bonds. The molecule has 2 aliphatic rings. The fraction of sp³-hybridized carbons (Fsp3) is 0.867. The van der Waals surface area contributed by atoms with Crippen molar-refractivity contribution in [3.63, 3.8) is 0 Å². The van der Waals surface area contributed by atoms with Crippen molar-refractivity contribution in [1.29, 1.82) is 0 Å². The van der Waals surface area contributed by atoms with Gasteiger partial charge in [0.15, 0.2) is 0 Å². The number of rotatable bonds is 4. The van der Waals surface area contributed by atoms with Crippen molar-refractivity contribution in [2.24, 2.45) is 5.92 Å². The molecule has 0 spiro atoms. The lowest BCUT2D eigenvalue weighted by Gasteiger charge is -2.29. The van der Waals surface area contributed by atoms with Gasteiger partial charge in [0, 0.05) is 32.7 Å². The van der Waals surface area contributed by atoms with E-state index in [1.807, 2.05) is 0 Å². The molecule has 0 aromatic rings. The minimum atomic E-state index is -0.452. The Balaban J connectivity index is 1.59. The highest BCUT2D eigenvalue weighted by atomic mass is 16.5. The largest absolute Gasteiger partial charge is 0.379 e. The molecule has 0 aliphatic carbocycles. The highest BCUT2D eigenvalue weighted by molar-refractivity contribution is 6.35. The summed E-state index contributed by atoms with van der Waals surface area (Å²) in [5, 5.41) is 2.74. The highest BCUT2D eigenvalue weighted by Gasteiger charge is 2.25. The van der Waals surface area contributed by atoms with Gasteiger partial charge in [-0.2, -0.15) is 0 Å². The summed E-state index contributed by atoms with van der Waals surface area (Å²) in [6.45, 7) is 8.61. The molecular formula is C15H27N3O3. The van der Waals surface area contributed by atoms with Crippen LogP contribution in [0.2, 0.25) is 0 Å². The van der Waals surface area contributed by atoms with Crippen LogP contribution in [0.3, 0.4) is 0 Å². The fourth-order valence-corrected chi connectivity index (χ4v) is 2.76. The first-order valence-corrected chi connectivity index (χ1v) is 8.04. The van der Waals surface area contributed by atoms with Crippen molar-refractivity contribution >= 4 is 11.8 Å². The van der Waals surface area contributed by atoms with Gasteiger partial charge < -0.3 is 15.0 Å². The second-order valence-corrected chi connectivity index (χ2v) is 6.04. The lowest BCUT2D eigenvalue weighted by Crippen LogP contribution is -2.46. The van der Waals surface area contributed by atoms with Crippen LogP contribution in [-0.4, -0.2) is 74.1 Å². The summed E-state index contributed by atoms with van der Waals surface area (Å²) in [6.07, 6.45) is 2.86. The topological polar surface area (TPSA) is 61.9 Å². The molecule has 0 atom stereocenters. The SMILES string of the molecule is CC1CCN(C(=O)C(=O)NCCCN2CCOCC2)CC1. The van der Waals surface area contributed by atoms with Crippen LogP contribution in [0.25, 0.3) is 0 Å². The molecule has 6 nitrogen and oxygen atoms in total. The molecule has 21 heavy (non-hydrogen) atoms. The summed E-state index contributed by atoms with van der Waals surface area (Å²) < 4.78 is 5.29. The minimum Gasteiger partial charge on any atom is -0.379 e. The predicted octanol–water partition coefficient (Wildman–Crippen LogP) is 0.0834. The third-order valence-corrected chi connectivity index (χ3v) is 4.31. The monoisotopic (exact) mass is 297 g/mol. The second-order valence-electron chi connectivity index (χ2n) is 6.04. The summed E-state index contributed by atoms with van der Waals surface area (Å²) in [4.78, 5) is 27.8.